The molecule has 0 aliphatic heterocycles. The van der Waals surface area contributed by atoms with Gasteiger partial charge in [-0.25, -0.2) is 4.98 Å². The van der Waals surface area contributed by atoms with E-state index in [0.717, 1.165) is 29.6 Å². The van der Waals surface area contributed by atoms with Crippen molar-refractivity contribution in [2.45, 2.75) is 33.2 Å². The van der Waals surface area contributed by atoms with Crippen LogP contribution in [0.3, 0.4) is 0 Å². The number of aromatic nitrogens is 3. The van der Waals surface area contributed by atoms with Crippen molar-refractivity contribution < 1.29 is 0 Å². The van der Waals surface area contributed by atoms with Crippen molar-refractivity contribution in [1.82, 2.24) is 14.8 Å². The van der Waals surface area contributed by atoms with E-state index >= 15 is 0 Å². The van der Waals surface area contributed by atoms with Gasteiger partial charge in [-0.1, -0.05) is 6.92 Å². The molecule has 2 heterocycles. The maximum absolute atomic E-state index is 5.65. The van der Waals surface area contributed by atoms with E-state index < -0.39 is 0 Å². The number of rotatable bonds is 4. The number of anilines is 1. The normalized spacial score (nSPS) is 11.0. The van der Waals surface area contributed by atoms with Gasteiger partial charge < -0.3 is 5.73 Å². The van der Waals surface area contributed by atoms with Crippen LogP contribution >= 0.6 is 27.3 Å². The van der Waals surface area contributed by atoms with Gasteiger partial charge in [-0.05, 0) is 29.3 Å². The van der Waals surface area contributed by atoms with Crippen molar-refractivity contribution in [3.63, 3.8) is 0 Å². The highest BCUT2D eigenvalue weighted by atomic mass is 79.9. The number of hydrogen-bond acceptors (Lipinski definition) is 4. The third-order valence-corrected chi connectivity index (χ3v) is 4.35. The molecule has 0 unspecified atom stereocenters. The first kappa shape index (κ1) is 12.6. The summed E-state index contributed by atoms with van der Waals surface area (Å²) in [6.07, 6.45) is 3.60. The zero-order valence-electron chi connectivity index (χ0n) is 9.90. The Morgan fingerprint density at radius 3 is 2.76 bits per heavy atom. The highest BCUT2D eigenvalue weighted by Gasteiger charge is 2.15. The minimum absolute atomic E-state index is 0.620. The van der Waals surface area contributed by atoms with E-state index in [1.165, 1.54) is 21.9 Å². The number of nitrogens with two attached hydrogens (primary N) is 1. The molecule has 0 spiro atoms. The molecule has 0 saturated carbocycles. The van der Waals surface area contributed by atoms with E-state index in [9.17, 15) is 0 Å². The summed E-state index contributed by atoms with van der Waals surface area (Å²) >= 11 is 5.17. The summed E-state index contributed by atoms with van der Waals surface area (Å²) in [5.41, 5.74) is 7.96. The molecule has 0 bridgehead atoms. The van der Waals surface area contributed by atoms with Crippen LogP contribution in [0.4, 0.5) is 5.13 Å². The standard InChI is InChI=1S/C11H15BrN4S/c1-3-8-10(12)9(16(4-2)15-8)5-7-6-14-11(13)17-7/h6H,3-5H2,1-2H3,(H2,13,14). The van der Waals surface area contributed by atoms with E-state index in [1.54, 1.807) is 0 Å². The zero-order valence-corrected chi connectivity index (χ0v) is 12.3. The third-order valence-electron chi connectivity index (χ3n) is 2.61. The van der Waals surface area contributed by atoms with Crippen molar-refractivity contribution in [3.8, 4) is 0 Å². The van der Waals surface area contributed by atoms with Crippen LogP contribution in [0, 0.1) is 0 Å². The summed E-state index contributed by atoms with van der Waals surface area (Å²) in [4.78, 5) is 5.24. The minimum atomic E-state index is 0.620. The smallest absolute Gasteiger partial charge is 0.180 e. The van der Waals surface area contributed by atoms with Gasteiger partial charge >= 0.3 is 0 Å². The van der Waals surface area contributed by atoms with E-state index in [2.05, 4.69) is 39.9 Å². The predicted octanol–water partition coefficient (Wildman–Crippen LogP) is 2.86. The first-order valence-electron chi connectivity index (χ1n) is 5.59. The number of nitrogens with zero attached hydrogens (tertiary/aromatic N) is 3. The second kappa shape index (κ2) is 5.18. The average molecular weight is 315 g/mol. The molecule has 6 heteroatoms. The van der Waals surface area contributed by atoms with Crippen molar-refractivity contribution in [3.05, 3.63) is 26.9 Å². The topological polar surface area (TPSA) is 56.7 Å². The van der Waals surface area contributed by atoms with Gasteiger partial charge in [0.15, 0.2) is 5.13 Å². The van der Waals surface area contributed by atoms with Crippen LogP contribution in [-0.2, 0) is 19.4 Å². The Labute approximate surface area is 113 Å². The fourth-order valence-electron chi connectivity index (χ4n) is 1.76. The predicted molar refractivity (Wildman–Crippen MR) is 74.3 cm³/mol. The number of thiazole rings is 1. The fourth-order valence-corrected chi connectivity index (χ4v) is 3.15. The van der Waals surface area contributed by atoms with E-state index in [4.69, 9.17) is 5.73 Å². The van der Waals surface area contributed by atoms with Gasteiger partial charge in [-0.15, -0.1) is 11.3 Å². The van der Waals surface area contributed by atoms with Gasteiger partial charge in [0, 0.05) is 24.0 Å². The highest BCUT2D eigenvalue weighted by molar-refractivity contribution is 9.10. The lowest BCUT2D eigenvalue weighted by Gasteiger charge is -2.03. The van der Waals surface area contributed by atoms with Gasteiger partial charge in [0.2, 0.25) is 0 Å². The van der Waals surface area contributed by atoms with Crippen molar-refractivity contribution in [1.29, 1.82) is 0 Å². The molecule has 0 saturated heterocycles. The number of hydrogen-bond donors (Lipinski definition) is 1. The molecular formula is C11H15BrN4S. The first-order chi connectivity index (χ1) is 8.15. The largest absolute Gasteiger partial charge is 0.375 e. The Balaban J connectivity index is 2.34. The maximum Gasteiger partial charge on any atom is 0.180 e. The monoisotopic (exact) mass is 314 g/mol. The highest BCUT2D eigenvalue weighted by Crippen LogP contribution is 2.27. The summed E-state index contributed by atoms with van der Waals surface area (Å²) in [6, 6.07) is 0. The molecule has 17 heavy (non-hydrogen) atoms. The summed E-state index contributed by atoms with van der Waals surface area (Å²) in [5, 5.41) is 5.19. The van der Waals surface area contributed by atoms with Crippen LogP contribution in [0.25, 0.3) is 0 Å². The average Bonchev–Trinajstić information content (AvgIpc) is 2.85. The Morgan fingerprint density at radius 2 is 2.24 bits per heavy atom. The van der Waals surface area contributed by atoms with Crippen LogP contribution in [0.5, 0.6) is 0 Å². The molecule has 92 valence electrons. The van der Waals surface area contributed by atoms with Gasteiger partial charge in [-0.2, -0.15) is 5.10 Å². The molecule has 0 aliphatic rings. The molecule has 0 aromatic carbocycles. The molecule has 0 amide bonds. The fraction of sp³-hybridized carbons (Fsp3) is 0.455. The molecule has 2 N–H and O–H groups in total. The second-order valence-corrected chi connectivity index (χ2v) is 5.66. The van der Waals surface area contributed by atoms with Crippen LogP contribution in [0.2, 0.25) is 0 Å². The third kappa shape index (κ3) is 2.52. The van der Waals surface area contributed by atoms with E-state index in [-0.39, 0.29) is 0 Å². The molecule has 2 aromatic heterocycles. The maximum atomic E-state index is 5.65. The minimum Gasteiger partial charge on any atom is -0.375 e. The van der Waals surface area contributed by atoms with Gasteiger partial charge in [-0.3, -0.25) is 4.68 Å². The molecule has 4 nitrogen and oxygen atoms in total. The van der Waals surface area contributed by atoms with E-state index in [0.29, 0.717) is 5.13 Å². The quantitative estimate of drug-likeness (QED) is 0.944. The Morgan fingerprint density at radius 1 is 1.47 bits per heavy atom. The molecule has 0 fully saturated rings. The van der Waals surface area contributed by atoms with Gasteiger partial charge in [0.05, 0.1) is 15.9 Å². The lowest BCUT2D eigenvalue weighted by Crippen LogP contribution is -2.03. The van der Waals surface area contributed by atoms with Crippen molar-refractivity contribution in [2.75, 3.05) is 5.73 Å². The molecule has 0 radical (unpaired) electrons. The number of aryl methyl sites for hydroxylation is 2. The SMILES string of the molecule is CCc1nn(CC)c(Cc2cnc(N)s2)c1Br. The summed E-state index contributed by atoms with van der Waals surface area (Å²) in [6.45, 7) is 5.09. The van der Waals surface area contributed by atoms with Gasteiger partial charge in [0.1, 0.15) is 0 Å². The lowest BCUT2D eigenvalue weighted by molar-refractivity contribution is 0.622. The van der Waals surface area contributed by atoms with E-state index in [1.807, 2.05) is 10.9 Å². The zero-order chi connectivity index (χ0) is 12.4. The van der Waals surface area contributed by atoms with Crippen LogP contribution in [0.1, 0.15) is 30.1 Å². The Bertz CT molecular complexity index is 518. The molecular weight excluding hydrogens is 300 g/mol. The van der Waals surface area contributed by atoms with Crippen LogP contribution < -0.4 is 5.73 Å². The van der Waals surface area contributed by atoms with Gasteiger partial charge in [0.25, 0.3) is 0 Å². The summed E-state index contributed by atoms with van der Waals surface area (Å²) in [5.74, 6) is 0. The Hall–Kier alpha value is -0.880. The summed E-state index contributed by atoms with van der Waals surface area (Å²) < 4.78 is 3.16. The van der Waals surface area contributed by atoms with Crippen LogP contribution in [0.15, 0.2) is 10.7 Å². The Kier molecular flexibility index (Phi) is 3.83. The first-order valence-corrected chi connectivity index (χ1v) is 7.20. The summed E-state index contributed by atoms with van der Waals surface area (Å²) in [7, 11) is 0. The van der Waals surface area contributed by atoms with Crippen molar-refractivity contribution >= 4 is 32.4 Å². The molecule has 2 aromatic rings. The van der Waals surface area contributed by atoms with Crippen molar-refractivity contribution in [2.24, 2.45) is 0 Å². The number of halogens is 1. The number of nitrogen functional groups attached to an aromatic ring is 1. The lowest BCUT2D eigenvalue weighted by atomic mass is 10.2. The molecule has 0 aliphatic carbocycles. The second-order valence-electron chi connectivity index (χ2n) is 3.72. The molecule has 0 atom stereocenters. The van der Waals surface area contributed by atoms with Crippen LogP contribution in [-0.4, -0.2) is 14.8 Å². The molecule has 2 rings (SSSR count).